The molecule has 0 radical (unpaired) electrons. The molecule has 1 aromatic heterocycles. The first kappa shape index (κ1) is 32.6. The van der Waals surface area contributed by atoms with Crippen LogP contribution in [0.15, 0.2) is 78.9 Å². The van der Waals surface area contributed by atoms with Gasteiger partial charge in [-0.25, -0.2) is 9.78 Å². The molecule has 2 N–H and O–H groups in total. The van der Waals surface area contributed by atoms with Gasteiger partial charge < -0.3 is 14.8 Å². The van der Waals surface area contributed by atoms with Crippen LogP contribution in [0.3, 0.4) is 0 Å². The number of ether oxygens (including phenoxy) is 1. The number of nitro benzene ring substituents is 1. The molecule has 2 aliphatic carbocycles. The van der Waals surface area contributed by atoms with Crippen molar-refractivity contribution in [3.63, 3.8) is 0 Å². The van der Waals surface area contributed by atoms with Gasteiger partial charge in [0.05, 0.1) is 16.0 Å². The van der Waals surface area contributed by atoms with E-state index in [0.717, 1.165) is 47.8 Å². The van der Waals surface area contributed by atoms with Crippen LogP contribution >= 0.6 is 0 Å². The summed E-state index contributed by atoms with van der Waals surface area (Å²) in [5, 5.41) is 20.8. The molecular weight excluding hydrogens is 614 g/mol. The molecule has 0 aliphatic heterocycles. The molecule has 49 heavy (non-hydrogen) atoms. The van der Waals surface area contributed by atoms with Gasteiger partial charge >= 0.3 is 11.7 Å². The minimum atomic E-state index is -1.21. The van der Waals surface area contributed by atoms with Crippen molar-refractivity contribution in [3.8, 4) is 28.3 Å². The summed E-state index contributed by atoms with van der Waals surface area (Å²) in [4.78, 5) is 30.9. The Kier molecular flexibility index (Phi) is 8.29. The number of rotatable bonds is 9. The van der Waals surface area contributed by atoms with Gasteiger partial charge in [-0.05, 0) is 106 Å². The predicted molar refractivity (Wildman–Crippen MR) is 192 cm³/mol. The number of carboxylic acid groups (broad SMARTS) is 1. The molecule has 1 saturated carbocycles. The average molecular weight is 658 g/mol. The van der Waals surface area contributed by atoms with Gasteiger partial charge in [0.15, 0.2) is 12.4 Å². The molecule has 5 aromatic rings. The van der Waals surface area contributed by atoms with Crippen LogP contribution in [0.4, 0.5) is 5.69 Å². The van der Waals surface area contributed by atoms with E-state index >= 15 is 0 Å². The van der Waals surface area contributed by atoms with Crippen molar-refractivity contribution in [2.75, 3.05) is 6.61 Å². The summed E-state index contributed by atoms with van der Waals surface area (Å²) in [5.41, 5.74) is 10.1. The van der Waals surface area contributed by atoms with Gasteiger partial charge in [0.1, 0.15) is 5.82 Å². The highest BCUT2D eigenvalue weighted by atomic mass is 16.6. The molecule has 0 saturated heterocycles. The summed E-state index contributed by atoms with van der Waals surface area (Å²) in [7, 11) is 0. The second-order valence-electron chi connectivity index (χ2n) is 14.8. The quantitative estimate of drug-likeness (QED) is 0.120. The van der Waals surface area contributed by atoms with E-state index in [0.29, 0.717) is 23.2 Å². The molecule has 1 fully saturated rings. The zero-order valence-electron chi connectivity index (χ0n) is 28.6. The predicted octanol–water partition coefficient (Wildman–Crippen LogP) is 9.64. The lowest BCUT2D eigenvalue weighted by molar-refractivity contribution is -0.385. The Morgan fingerprint density at radius 3 is 2.57 bits per heavy atom. The number of carbonyl (C=O) groups is 1. The Morgan fingerprint density at radius 2 is 1.84 bits per heavy atom. The van der Waals surface area contributed by atoms with Gasteiger partial charge in [-0.1, -0.05) is 88.7 Å². The van der Waals surface area contributed by atoms with Gasteiger partial charge in [0.25, 0.3) is 0 Å². The van der Waals surface area contributed by atoms with Crippen LogP contribution in [0.25, 0.3) is 33.5 Å². The lowest BCUT2D eigenvalue weighted by atomic mass is 9.48. The second-order valence-corrected chi connectivity index (χ2v) is 14.8. The minimum absolute atomic E-state index is 0.0313. The Labute approximate surface area is 286 Å². The molecule has 3 atom stereocenters. The number of hydrogen-bond acceptors (Lipinski definition) is 5. The number of carboxylic acids is 1. The molecule has 2 aliphatic rings. The molecule has 7 rings (SSSR count). The SMILES string of the molecule is CC(C)c1ccc2c(c1)CC[C@H]1[C@@](C)(Cc3c(-c4ccccc4)ccc4[nH]c(-c5ccc([N+](=O)[O-])c(OCC(=O)O)c5)nc34)CCC[C@]21C. The lowest BCUT2D eigenvalue weighted by Gasteiger charge is -2.56. The monoisotopic (exact) mass is 657 g/mol. The number of aromatic nitrogens is 2. The molecule has 0 unspecified atom stereocenters. The van der Waals surface area contributed by atoms with Crippen LogP contribution in [0, 0.1) is 21.4 Å². The van der Waals surface area contributed by atoms with E-state index in [1.807, 2.05) is 6.07 Å². The fourth-order valence-electron chi connectivity index (χ4n) is 9.02. The van der Waals surface area contributed by atoms with Gasteiger partial charge in [0.2, 0.25) is 0 Å². The number of benzene rings is 4. The van der Waals surface area contributed by atoms with Gasteiger partial charge in [0, 0.05) is 11.6 Å². The number of aryl methyl sites for hydroxylation is 1. The molecule has 8 nitrogen and oxygen atoms in total. The van der Waals surface area contributed by atoms with E-state index in [1.165, 1.54) is 47.2 Å². The lowest BCUT2D eigenvalue weighted by Crippen LogP contribution is -2.50. The van der Waals surface area contributed by atoms with E-state index in [4.69, 9.17) is 14.8 Å². The van der Waals surface area contributed by atoms with Crippen molar-refractivity contribution in [2.24, 2.45) is 11.3 Å². The van der Waals surface area contributed by atoms with Crippen LogP contribution in [-0.2, 0) is 23.1 Å². The number of imidazole rings is 1. The summed E-state index contributed by atoms with van der Waals surface area (Å²) in [6.45, 7) is 8.85. The van der Waals surface area contributed by atoms with Crippen molar-refractivity contribution < 1.29 is 19.6 Å². The van der Waals surface area contributed by atoms with E-state index in [-0.39, 0.29) is 22.3 Å². The van der Waals surface area contributed by atoms with E-state index in [2.05, 4.69) is 87.3 Å². The fraction of sp³-hybridized carbons (Fsp3) is 0.366. The maximum absolute atomic E-state index is 11.7. The zero-order chi connectivity index (χ0) is 34.5. The van der Waals surface area contributed by atoms with Crippen LogP contribution < -0.4 is 4.74 Å². The zero-order valence-corrected chi connectivity index (χ0v) is 28.6. The third kappa shape index (κ3) is 5.87. The van der Waals surface area contributed by atoms with Crippen molar-refractivity contribution in [1.29, 1.82) is 0 Å². The standard InChI is InChI=1S/C41H43N3O5/c1-25(2)27-11-15-32-28(21-27)13-18-36-40(3,19-8-20-41(32,36)4)23-31-30(26-9-6-5-7-10-26)14-16-33-38(31)43-39(42-33)29-12-17-34(44(47)48)35(22-29)49-24-37(45)46/h5-7,9-12,14-17,21-22,25,36H,8,13,18-20,23-24H2,1-4H3,(H,42,43)(H,45,46)/t36-,40+,41+/m0/s1. The number of H-pyrrole nitrogens is 1. The number of hydrogen-bond donors (Lipinski definition) is 2. The number of fused-ring (bicyclic) bond motifs is 4. The Balaban J connectivity index is 1.33. The summed E-state index contributed by atoms with van der Waals surface area (Å²) in [6, 6.07) is 26.4. The average Bonchev–Trinajstić information content (AvgIpc) is 3.52. The van der Waals surface area contributed by atoms with E-state index in [9.17, 15) is 14.9 Å². The molecule has 0 bridgehead atoms. The number of nitro groups is 1. The number of aromatic amines is 1. The Morgan fingerprint density at radius 1 is 1.04 bits per heavy atom. The largest absolute Gasteiger partial charge is 0.479 e. The van der Waals surface area contributed by atoms with Crippen molar-refractivity contribution in [3.05, 3.63) is 111 Å². The third-order valence-corrected chi connectivity index (χ3v) is 11.4. The molecule has 4 aromatic carbocycles. The highest BCUT2D eigenvalue weighted by Gasteiger charge is 2.52. The maximum Gasteiger partial charge on any atom is 0.341 e. The van der Waals surface area contributed by atoms with Crippen molar-refractivity contribution >= 4 is 22.7 Å². The first-order valence-electron chi connectivity index (χ1n) is 17.3. The number of nitrogens with zero attached hydrogens (tertiary/aromatic N) is 2. The number of aliphatic carboxylic acids is 1. The molecular formula is C41H43N3O5. The third-order valence-electron chi connectivity index (χ3n) is 11.4. The first-order valence-corrected chi connectivity index (χ1v) is 17.3. The van der Waals surface area contributed by atoms with Crippen molar-refractivity contribution in [1.82, 2.24) is 9.97 Å². The normalized spacial score (nSPS) is 21.7. The van der Waals surface area contributed by atoms with Crippen LogP contribution in [0.2, 0.25) is 0 Å². The topological polar surface area (TPSA) is 118 Å². The minimum Gasteiger partial charge on any atom is -0.479 e. The van der Waals surface area contributed by atoms with Crippen LogP contribution in [0.1, 0.15) is 81.5 Å². The van der Waals surface area contributed by atoms with Gasteiger partial charge in [-0.15, -0.1) is 0 Å². The Hall–Kier alpha value is -4.98. The number of nitrogens with one attached hydrogen (secondary N) is 1. The molecule has 8 heteroatoms. The maximum atomic E-state index is 11.7. The van der Waals surface area contributed by atoms with E-state index in [1.54, 1.807) is 6.07 Å². The fourth-order valence-corrected chi connectivity index (χ4v) is 9.02. The molecule has 1 heterocycles. The van der Waals surface area contributed by atoms with Crippen LogP contribution in [0.5, 0.6) is 5.75 Å². The van der Waals surface area contributed by atoms with Crippen LogP contribution in [-0.4, -0.2) is 32.6 Å². The first-order chi connectivity index (χ1) is 23.5. The second kappa shape index (κ2) is 12.5. The van der Waals surface area contributed by atoms with E-state index < -0.39 is 17.5 Å². The molecule has 252 valence electrons. The molecule has 0 spiro atoms. The van der Waals surface area contributed by atoms with Gasteiger partial charge in [-0.3, -0.25) is 10.1 Å². The highest BCUT2D eigenvalue weighted by molar-refractivity contribution is 5.89. The summed E-state index contributed by atoms with van der Waals surface area (Å²) < 4.78 is 5.33. The summed E-state index contributed by atoms with van der Waals surface area (Å²) in [6.07, 6.45) is 6.62. The van der Waals surface area contributed by atoms with Crippen molar-refractivity contribution in [2.45, 2.75) is 77.6 Å². The van der Waals surface area contributed by atoms with Gasteiger partial charge in [-0.2, -0.15) is 0 Å². The Bertz CT molecular complexity index is 2070. The molecule has 0 amide bonds. The highest BCUT2D eigenvalue weighted by Crippen LogP contribution is 2.59. The summed E-state index contributed by atoms with van der Waals surface area (Å²) in [5.74, 6) is 0.242. The smallest absolute Gasteiger partial charge is 0.341 e. The summed E-state index contributed by atoms with van der Waals surface area (Å²) >= 11 is 0.